The summed E-state index contributed by atoms with van der Waals surface area (Å²) in [6.45, 7) is 0. The zero-order valence-electron chi connectivity index (χ0n) is 4.53. The predicted octanol–water partition coefficient (Wildman–Crippen LogP) is 0.321. The molecule has 0 aliphatic heterocycles. The maximum Gasteiger partial charge on any atom is 0.0908 e. The normalized spacial score (nSPS) is 9.00. The molecule has 0 bridgehead atoms. The Bertz CT molecular complexity index is 211. The Hall–Kier alpha value is -0.613. The molecule has 0 amide bonds. The Morgan fingerprint density at radius 3 is 2.67 bits per heavy atom. The van der Waals surface area contributed by atoms with Crippen LogP contribution in [0.15, 0.2) is 18.6 Å². The van der Waals surface area contributed by atoms with Crippen molar-refractivity contribution in [3.63, 3.8) is 0 Å². The van der Waals surface area contributed by atoms with E-state index in [0.29, 0.717) is 10.2 Å². The van der Waals surface area contributed by atoms with Crippen molar-refractivity contribution in [2.24, 2.45) is 0 Å². The lowest BCUT2D eigenvalue weighted by atomic mass is 10.5. The van der Waals surface area contributed by atoms with Gasteiger partial charge in [-0.15, -0.1) is 0 Å². The summed E-state index contributed by atoms with van der Waals surface area (Å²) in [7, 11) is 3.16. The van der Waals surface area contributed by atoms with Crippen LogP contribution in [0.2, 0.25) is 0 Å². The van der Waals surface area contributed by atoms with Crippen LogP contribution in [0.5, 0.6) is 0 Å². The van der Waals surface area contributed by atoms with E-state index in [0.717, 1.165) is 0 Å². The van der Waals surface area contributed by atoms with Gasteiger partial charge in [-0.25, -0.2) is 0 Å². The van der Waals surface area contributed by atoms with Crippen molar-refractivity contribution in [1.29, 1.82) is 0 Å². The summed E-state index contributed by atoms with van der Waals surface area (Å²) in [5.41, 5.74) is 0.698. The van der Waals surface area contributed by atoms with E-state index >= 15 is 0 Å². The van der Waals surface area contributed by atoms with E-state index in [1.807, 2.05) is 0 Å². The lowest BCUT2D eigenvalue weighted by Gasteiger charge is -1.90. The first-order chi connectivity index (χ1) is 4.30. The van der Waals surface area contributed by atoms with Gasteiger partial charge in [0, 0.05) is 16.9 Å². The predicted molar refractivity (Wildman–Crippen MR) is 39.5 cm³/mol. The highest BCUT2D eigenvalue weighted by molar-refractivity contribution is 7.83. The third-order valence-corrected chi connectivity index (χ3v) is 1.26. The number of thiocarbonyl (C=S) groups is 1. The van der Waals surface area contributed by atoms with Crippen molar-refractivity contribution in [1.82, 2.24) is 9.97 Å². The fourth-order valence-corrected chi connectivity index (χ4v) is 0.651. The highest BCUT2D eigenvalue weighted by Crippen LogP contribution is 1.88. The quantitative estimate of drug-likeness (QED) is 0.427. The van der Waals surface area contributed by atoms with Crippen LogP contribution in [-0.4, -0.2) is 24.7 Å². The lowest BCUT2D eigenvalue weighted by molar-refractivity contribution is 1.19. The van der Waals surface area contributed by atoms with Crippen LogP contribution in [0.25, 0.3) is 0 Å². The third kappa shape index (κ3) is 1.65. The largest absolute Gasteiger partial charge is 0.261 e. The zero-order chi connectivity index (χ0) is 6.69. The standard InChI is InChI=1S/C5H3N2SSi/c8-5(9)4-3-6-1-2-7-4/h1-3H. The van der Waals surface area contributed by atoms with Crippen molar-refractivity contribution in [3.8, 4) is 0 Å². The Balaban J connectivity index is 2.98. The topological polar surface area (TPSA) is 25.8 Å². The summed E-state index contributed by atoms with van der Waals surface area (Å²) >= 11 is 4.77. The molecule has 1 aromatic rings. The van der Waals surface area contributed by atoms with Gasteiger partial charge in [0.15, 0.2) is 0 Å². The minimum atomic E-state index is 0.586. The number of hydrogen-bond acceptors (Lipinski definition) is 3. The van der Waals surface area contributed by atoms with Crippen LogP contribution in [0.1, 0.15) is 5.69 Å². The fourth-order valence-electron chi connectivity index (χ4n) is 0.416. The highest BCUT2D eigenvalue weighted by atomic mass is 32.1. The van der Waals surface area contributed by atoms with Gasteiger partial charge in [-0.3, -0.25) is 9.97 Å². The number of rotatable bonds is 1. The fraction of sp³-hybridized carbons (Fsp3) is 0. The highest BCUT2D eigenvalue weighted by Gasteiger charge is 1.91. The first kappa shape index (κ1) is 6.51. The van der Waals surface area contributed by atoms with E-state index in [-0.39, 0.29) is 0 Å². The van der Waals surface area contributed by atoms with Crippen LogP contribution in [0.4, 0.5) is 0 Å². The molecule has 1 rings (SSSR count). The molecule has 1 heterocycles. The SMILES string of the molecule is [Si]C(=S)c1cnccn1. The zero-order valence-corrected chi connectivity index (χ0v) is 6.35. The van der Waals surface area contributed by atoms with Gasteiger partial charge in [-0.05, 0) is 0 Å². The molecule has 0 aliphatic rings. The van der Waals surface area contributed by atoms with Crippen LogP contribution in [-0.2, 0) is 0 Å². The van der Waals surface area contributed by atoms with E-state index in [1.54, 1.807) is 18.6 Å². The van der Waals surface area contributed by atoms with Gasteiger partial charge in [0.1, 0.15) is 0 Å². The third-order valence-electron chi connectivity index (χ3n) is 0.796. The second-order valence-electron chi connectivity index (χ2n) is 1.42. The molecule has 4 heteroatoms. The first-order valence-electron chi connectivity index (χ1n) is 2.32. The first-order valence-corrected chi connectivity index (χ1v) is 3.23. The monoisotopic (exact) mass is 151 g/mol. The molecule has 9 heavy (non-hydrogen) atoms. The van der Waals surface area contributed by atoms with Gasteiger partial charge < -0.3 is 0 Å². The van der Waals surface area contributed by atoms with Gasteiger partial charge >= 0.3 is 0 Å². The summed E-state index contributed by atoms with van der Waals surface area (Å²) in [6, 6.07) is 0. The van der Waals surface area contributed by atoms with Crippen molar-refractivity contribution >= 4 is 26.9 Å². The molecule has 0 aromatic carbocycles. The summed E-state index contributed by atoms with van der Waals surface area (Å²) < 4.78 is 0.586. The van der Waals surface area contributed by atoms with E-state index in [2.05, 4.69) is 20.2 Å². The molecule has 0 saturated heterocycles. The number of hydrogen-bond donors (Lipinski definition) is 0. The second-order valence-corrected chi connectivity index (χ2v) is 2.69. The molecule has 1 aromatic heterocycles. The van der Waals surface area contributed by atoms with Gasteiger partial charge in [0.2, 0.25) is 0 Å². The second kappa shape index (κ2) is 2.79. The van der Waals surface area contributed by atoms with Crippen molar-refractivity contribution < 1.29 is 0 Å². The maximum absolute atomic E-state index is 4.77. The minimum Gasteiger partial charge on any atom is -0.261 e. The van der Waals surface area contributed by atoms with Crippen molar-refractivity contribution in [2.45, 2.75) is 0 Å². The Morgan fingerprint density at radius 2 is 2.33 bits per heavy atom. The molecule has 0 N–H and O–H groups in total. The Morgan fingerprint density at radius 1 is 1.56 bits per heavy atom. The van der Waals surface area contributed by atoms with Crippen LogP contribution >= 0.6 is 12.2 Å². The molecule has 0 aliphatic carbocycles. The Labute approximate surface area is 61.8 Å². The molecule has 0 unspecified atom stereocenters. The van der Waals surface area contributed by atoms with Crippen LogP contribution in [0.3, 0.4) is 0 Å². The van der Waals surface area contributed by atoms with Gasteiger partial charge in [0.25, 0.3) is 0 Å². The van der Waals surface area contributed by atoms with E-state index < -0.39 is 0 Å². The van der Waals surface area contributed by atoms with E-state index in [9.17, 15) is 0 Å². The molecule has 43 valence electrons. The van der Waals surface area contributed by atoms with E-state index in [1.165, 1.54) is 0 Å². The van der Waals surface area contributed by atoms with Crippen molar-refractivity contribution in [3.05, 3.63) is 24.3 Å². The van der Waals surface area contributed by atoms with Crippen LogP contribution in [0, 0.1) is 0 Å². The summed E-state index contributed by atoms with van der Waals surface area (Å²) in [6.07, 6.45) is 4.81. The average Bonchev–Trinajstić information content (AvgIpc) is 1.90. The lowest BCUT2D eigenvalue weighted by Crippen LogP contribution is -1.98. The van der Waals surface area contributed by atoms with Gasteiger partial charge in [0.05, 0.1) is 22.1 Å². The summed E-state index contributed by atoms with van der Waals surface area (Å²) in [5, 5.41) is 0. The summed E-state index contributed by atoms with van der Waals surface area (Å²) in [4.78, 5) is 7.75. The molecule has 0 spiro atoms. The summed E-state index contributed by atoms with van der Waals surface area (Å²) in [5.74, 6) is 0. The number of nitrogens with zero attached hydrogens (tertiary/aromatic N) is 2. The molecule has 2 nitrogen and oxygen atoms in total. The Kier molecular flexibility index (Phi) is 2.02. The average molecular weight is 151 g/mol. The van der Waals surface area contributed by atoms with E-state index in [4.69, 9.17) is 12.2 Å². The molecule has 0 atom stereocenters. The molecule has 3 radical (unpaired) electrons. The molecule has 0 saturated carbocycles. The minimum absolute atomic E-state index is 0.586. The molecular weight excluding hydrogens is 148 g/mol. The smallest absolute Gasteiger partial charge is 0.0908 e. The molecule has 0 fully saturated rings. The maximum atomic E-state index is 4.77. The van der Waals surface area contributed by atoms with Gasteiger partial charge in [-0.2, -0.15) is 0 Å². The van der Waals surface area contributed by atoms with Gasteiger partial charge in [-0.1, -0.05) is 12.2 Å². The molecular formula is C5H3N2SSi. The van der Waals surface area contributed by atoms with Crippen molar-refractivity contribution in [2.75, 3.05) is 0 Å². The number of aromatic nitrogens is 2. The van der Waals surface area contributed by atoms with Crippen LogP contribution < -0.4 is 0 Å².